The van der Waals surface area contributed by atoms with Crippen molar-refractivity contribution in [2.24, 2.45) is 11.7 Å². The quantitative estimate of drug-likeness (QED) is 0.712. The monoisotopic (exact) mass is 193 g/mol. The standard InChI is InChI=1S/C10H23N.ClH/c1-5-9(6-2)10(11,7-3)8-4;/h9H,5-8,11H2,1-4H3;1H. The molecule has 0 aromatic rings. The van der Waals surface area contributed by atoms with E-state index in [-0.39, 0.29) is 17.9 Å². The first-order valence-corrected chi connectivity index (χ1v) is 4.93. The molecule has 12 heavy (non-hydrogen) atoms. The van der Waals surface area contributed by atoms with Gasteiger partial charge >= 0.3 is 0 Å². The molecule has 0 heterocycles. The maximum atomic E-state index is 6.26. The Morgan fingerprint density at radius 2 is 1.33 bits per heavy atom. The first-order chi connectivity index (χ1) is 5.14. The smallest absolute Gasteiger partial charge is 0.0177 e. The minimum atomic E-state index is 0. The fourth-order valence-electron chi connectivity index (χ4n) is 1.93. The Labute approximate surface area is 83.5 Å². The zero-order valence-corrected chi connectivity index (χ0v) is 9.71. The summed E-state index contributed by atoms with van der Waals surface area (Å²) in [6.07, 6.45) is 4.65. The molecular formula is C10H24ClN. The minimum absolute atomic E-state index is 0. The molecule has 0 aromatic heterocycles. The number of hydrogen-bond acceptors (Lipinski definition) is 1. The molecule has 0 aromatic carbocycles. The lowest BCUT2D eigenvalue weighted by molar-refractivity contribution is 0.237. The fourth-order valence-corrected chi connectivity index (χ4v) is 1.93. The molecule has 0 rings (SSSR count). The van der Waals surface area contributed by atoms with E-state index in [1.165, 1.54) is 12.8 Å². The summed E-state index contributed by atoms with van der Waals surface area (Å²) in [5.74, 6) is 0.706. The van der Waals surface area contributed by atoms with Crippen LogP contribution in [-0.2, 0) is 0 Å². The van der Waals surface area contributed by atoms with Crippen LogP contribution in [0.2, 0.25) is 0 Å². The molecule has 2 heteroatoms. The average Bonchev–Trinajstić information content (AvgIpc) is 2.06. The molecule has 0 unspecified atom stereocenters. The van der Waals surface area contributed by atoms with Gasteiger partial charge in [-0.2, -0.15) is 0 Å². The van der Waals surface area contributed by atoms with E-state index in [1.54, 1.807) is 0 Å². The van der Waals surface area contributed by atoms with Crippen molar-refractivity contribution in [3.8, 4) is 0 Å². The first kappa shape index (κ1) is 14.8. The minimum Gasteiger partial charge on any atom is -0.325 e. The van der Waals surface area contributed by atoms with Crippen LogP contribution < -0.4 is 5.73 Å². The van der Waals surface area contributed by atoms with Gasteiger partial charge in [0.1, 0.15) is 0 Å². The van der Waals surface area contributed by atoms with Gasteiger partial charge in [-0.25, -0.2) is 0 Å². The summed E-state index contributed by atoms with van der Waals surface area (Å²) in [5, 5.41) is 0. The largest absolute Gasteiger partial charge is 0.325 e. The highest BCUT2D eigenvalue weighted by Crippen LogP contribution is 2.27. The second kappa shape index (κ2) is 6.73. The number of rotatable bonds is 5. The van der Waals surface area contributed by atoms with E-state index >= 15 is 0 Å². The summed E-state index contributed by atoms with van der Waals surface area (Å²) >= 11 is 0. The van der Waals surface area contributed by atoms with Crippen molar-refractivity contribution in [2.75, 3.05) is 0 Å². The van der Waals surface area contributed by atoms with Crippen molar-refractivity contribution < 1.29 is 0 Å². The van der Waals surface area contributed by atoms with Crippen LogP contribution in [0.4, 0.5) is 0 Å². The molecule has 0 aliphatic carbocycles. The predicted octanol–water partition coefficient (Wildman–Crippen LogP) is 3.36. The van der Waals surface area contributed by atoms with Crippen LogP contribution in [0.3, 0.4) is 0 Å². The van der Waals surface area contributed by atoms with E-state index in [2.05, 4.69) is 27.7 Å². The second-order valence-electron chi connectivity index (χ2n) is 3.45. The van der Waals surface area contributed by atoms with Gasteiger partial charge < -0.3 is 5.73 Å². The fraction of sp³-hybridized carbons (Fsp3) is 1.00. The lowest BCUT2D eigenvalue weighted by Crippen LogP contribution is -2.45. The van der Waals surface area contributed by atoms with Crippen LogP contribution in [0.5, 0.6) is 0 Å². The maximum absolute atomic E-state index is 6.26. The topological polar surface area (TPSA) is 26.0 Å². The van der Waals surface area contributed by atoms with Crippen molar-refractivity contribution in [3.63, 3.8) is 0 Å². The van der Waals surface area contributed by atoms with Gasteiger partial charge in [0.05, 0.1) is 0 Å². The van der Waals surface area contributed by atoms with Gasteiger partial charge in [-0.3, -0.25) is 0 Å². The van der Waals surface area contributed by atoms with Gasteiger partial charge in [-0.05, 0) is 18.8 Å². The lowest BCUT2D eigenvalue weighted by atomic mass is 9.77. The SMILES string of the molecule is CCC(CC)C(N)(CC)CC.Cl. The molecule has 0 spiro atoms. The molecule has 0 amide bonds. The van der Waals surface area contributed by atoms with Crippen molar-refractivity contribution in [3.05, 3.63) is 0 Å². The Morgan fingerprint density at radius 3 is 1.42 bits per heavy atom. The third-order valence-electron chi connectivity index (χ3n) is 3.12. The molecule has 0 saturated carbocycles. The average molecular weight is 194 g/mol. The molecule has 0 bridgehead atoms. The predicted molar refractivity (Wildman–Crippen MR) is 58.8 cm³/mol. The third-order valence-corrected chi connectivity index (χ3v) is 3.12. The molecule has 0 radical (unpaired) electrons. The molecule has 0 fully saturated rings. The van der Waals surface area contributed by atoms with E-state index in [0.29, 0.717) is 5.92 Å². The van der Waals surface area contributed by atoms with Gasteiger partial charge in [0.25, 0.3) is 0 Å². The molecule has 1 nitrogen and oxygen atoms in total. The highest BCUT2D eigenvalue weighted by molar-refractivity contribution is 5.85. The summed E-state index contributed by atoms with van der Waals surface area (Å²) < 4.78 is 0. The lowest BCUT2D eigenvalue weighted by Gasteiger charge is -2.35. The van der Waals surface area contributed by atoms with Gasteiger partial charge in [-0.1, -0.05) is 40.5 Å². The summed E-state index contributed by atoms with van der Waals surface area (Å²) in [6, 6.07) is 0. The molecule has 0 saturated heterocycles. The van der Waals surface area contributed by atoms with Crippen molar-refractivity contribution in [2.45, 2.75) is 58.9 Å². The van der Waals surface area contributed by atoms with Gasteiger partial charge in [-0.15, -0.1) is 12.4 Å². The Balaban J connectivity index is 0. The van der Waals surface area contributed by atoms with E-state index in [0.717, 1.165) is 12.8 Å². The Bertz CT molecular complexity index is 96.0. The van der Waals surface area contributed by atoms with Gasteiger partial charge in [0, 0.05) is 5.54 Å². The number of halogens is 1. The Kier molecular flexibility index (Phi) is 8.28. The molecule has 2 N–H and O–H groups in total. The van der Waals surface area contributed by atoms with Crippen LogP contribution in [0.1, 0.15) is 53.4 Å². The maximum Gasteiger partial charge on any atom is 0.0177 e. The van der Waals surface area contributed by atoms with Crippen molar-refractivity contribution >= 4 is 12.4 Å². The second-order valence-corrected chi connectivity index (χ2v) is 3.45. The van der Waals surface area contributed by atoms with Crippen molar-refractivity contribution in [1.82, 2.24) is 0 Å². The zero-order chi connectivity index (χ0) is 8.91. The molecule has 0 atom stereocenters. The van der Waals surface area contributed by atoms with Crippen LogP contribution in [0, 0.1) is 5.92 Å². The summed E-state index contributed by atoms with van der Waals surface area (Å²) in [5.41, 5.74) is 6.36. The Hall–Kier alpha value is 0.250. The Morgan fingerprint density at radius 1 is 1.00 bits per heavy atom. The molecule has 0 aliphatic rings. The van der Waals surface area contributed by atoms with E-state index in [9.17, 15) is 0 Å². The summed E-state index contributed by atoms with van der Waals surface area (Å²) in [7, 11) is 0. The van der Waals surface area contributed by atoms with E-state index in [4.69, 9.17) is 5.73 Å². The van der Waals surface area contributed by atoms with E-state index in [1.807, 2.05) is 0 Å². The zero-order valence-electron chi connectivity index (χ0n) is 8.89. The molecule has 0 aliphatic heterocycles. The van der Waals surface area contributed by atoms with Crippen molar-refractivity contribution in [1.29, 1.82) is 0 Å². The van der Waals surface area contributed by atoms with Crippen LogP contribution in [-0.4, -0.2) is 5.54 Å². The third kappa shape index (κ3) is 3.32. The van der Waals surface area contributed by atoms with Crippen LogP contribution in [0.25, 0.3) is 0 Å². The van der Waals surface area contributed by atoms with E-state index < -0.39 is 0 Å². The first-order valence-electron chi connectivity index (χ1n) is 4.93. The summed E-state index contributed by atoms with van der Waals surface area (Å²) in [4.78, 5) is 0. The molecule has 76 valence electrons. The normalized spacial score (nSPS) is 11.5. The highest BCUT2D eigenvalue weighted by Gasteiger charge is 2.28. The summed E-state index contributed by atoms with van der Waals surface area (Å²) in [6.45, 7) is 8.87. The van der Waals surface area contributed by atoms with Gasteiger partial charge in [0.2, 0.25) is 0 Å². The van der Waals surface area contributed by atoms with Crippen LogP contribution >= 0.6 is 12.4 Å². The van der Waals surface area contributed by atoms with Gasteiger partial charge in [0.15, 0.2) is 0 Å². The highest BCUT2D eigenvalue weighted by atomic mass is 35.5. The number of nitrogens with two attached hydrogens (primary N) is 1. The molecular weight excluding hydrogens is 170 g/mol. The number of hydrogen-bond donors (Lipinski definition) is 1. The van der Waals surface area contributed by atoms with Crippen LogP contribution in [0.15, 0.2) is 0 Å².